The second kappa shape index (κ2) is 7.31. The number of benzene rings is 2. The zero-order valence-corrected chi connectivity index (χ0v) is 14.3. The normalized spacial score (nSPS) is 10.6. The molecule has 1 N–H and O–H groups in total. The molecule has 24 heavy (non-hydrogen) atoms. The van der Waals surface area contributed by atoms with Crippen LogP contribution in [0.5, 0.6) is 0 Å². The monoisotopic (exact) mass is 339 g/mol. The van der Waals surface area contributed by atoms with Gasteiger partial charge in [-0.1, -0.05) is 42.1 Å². The fraction of sp³-hybridized carbons (Fsp3) is 0.167. The minimum Gasteiger partial charge on any atom is -0.411 e. The molecule has 5 nitrogen and oxygen atoms in total. The van der Waals surface area contributed by atoms with Gasteiger partial charge in [0.1, 0.15) is 0 Å². The van der Waals surface area contributed by atoms with Gasteiger partial charge in [-0.15, -0.1) is 10.2 Å². The molecular weight excluding hydrogens is 322 g/mol. The summed E-state index contributed by atoms with van der Waals surface area (Å²) in [5.74, 6) is 0.560. The van der Waals surface area contributed by atoms with Crippen molar-refractivity contribution in [3.8, 4) is 11.5 Å². The number of carbonyl (C=O) groups excluding carboxylic acids is 1. The summed E-state index contributed by atoms with van der Waals surface area (Å²) in [6.07, 6.45) is 0. The average molecular weight is 339 g/mol. The lowest BCUT2D eigenvalue weighted by Crippen LogP contribution is -2.14. The second-order valence-corrected chi connectivity index (χ2v) is 6.32. The highest BCUT2D eigenvalue weighted by molar-refractivity contribution is 7.99. The van der Waals surface area contributed by atoms with Crippen LogP contribution in [0.1, 0.15) is 11.1 Å². The molecular formula is C18H17N3O2S. The molecule has 0 bridgehead atoms. The molecule has 0 aliphatic heterocycles. The molecule has 0 spiro atoms. The van der Waals surface area contributed by atoms with Gasteiger partial charge in [0.2, 0.25) is 11.8 Å². The Morgan fingerprint density at radius 3 is 2.71 bits per heavy atom. The Kier molecular flexibility index (Phi) is 4.96. The van der Waals surface area contributed by atoms with Gasteiger partial charge < -0.3 is 9.73 Å². The van der Waals surface area contributed by atoms with Crippen LogP contribution in [0.25, 0.3) is 11.5 Å². The van der Waals surface area contributed by atoms with Crippen molar-refractivity contribution in [3.05, 3.63) is 59.7 Å². The van der Waals surface area contributed by atoms with Gasteiger partial charge >= 0.3 is 0 Å². The molecule has 122 valence electrons. The summed E-state index contributed by atoms with van der Waals surface area (Å²) in [7, 11) is 0. The first-order chi connectivity index (χ1) is 11.6. The Balaban J connectivity index is 1.59. The summed E-state index contributed by atoms with van der Waals surface area (Å²) in [6, 6.07) is 15.5. The molecule has 0 saturated heterocycles. The number of aryl methyl sites for hydroxylation is 2. The smallest absolute Gasteiger partial charge is 0.277 e. The molecule has 0 fully saturated rings. The number of carbonyl (C=O) groups is 1. The van der Waals surface area contributed by atoms with Crippen LogP contribution in [0.2, 0.25) is 0 Å². The number of hydrogen-bond donors (Lipinski definition) is 1. The lowest BCUT2D eigenvalue weighted by atomic mass is 10.1. The van der Waals surface area contributed by atoms with E-state index in [1.807, 2.05) is 62.4 Å². The van der Waals surface area contributed by atoms with Crippen LogP contribution in [0.3, 0.4) is 0 Å². The van der Waals surface area contributed by atoms with Crippen molar-refractivity contribution in [2.45, 2.75) is 19.1 Å². The molecule has 0 aliphatic rings. The fourth-order valence-corrected chi connectivity index (χ4v) is 2.71. The van der Waals surface area contributed by atoms with Crippen LogP contribution in [0.15, 0.2) is 58.2 Å². The van der Waals surface area contributed by atoms with Crippen molar-refractivity contribution in [1.82, 2.24) is 10.2 Å². The molecule has 6 heteroatoms. The zero-order chi connectivity index (χ0) is 16.9. The molecule has 1 amide bonds. The summed E-state index contributed by atoms with van der Waals surface area (Å²) < 4.78 is 5.57. The van der Waals surface area contributed by atoms with E-state index in [9.17, 15) is 4.79 Å². The van der Waals surface area contributed by atoms with Crippen molar-refractivity contribution in [2.24, 2.45) is 0 Å². The number of nitrogens with zero attached hydrogens (tertiary/aromatic N) is 2. The summed E-state index contributed by atoms with van der Waals surface area (Å²) in [4.78, 5) is 12.1. The van der Waals surface area contributed by atoms with Crippen molar-refractivity contribution >= 4 is 23.4 Å². The molecule has 0 saturated carbocycles. The largest absolute Gasteiger partial charge is 0.411 e. The van der Waals surface area contributed by atoms with E-state index in [4.69, 9.17) is 4.42 Å². The number of hydrogen-bond acceptors (Lipinski definition) is 5. The van der Waals surface area contributed by atoms with E-state index in [0.717, 1.165) is 22.4 Å². The van der Waals surface area contributed by atoms with Crippen molar-refractivity contribution in [2.75, 3.05) is 11.1 Å². The number of rotatable bonds is 5. The Morgan fingerprint density at radius 2 is 1.92 bits per heavy atom. The van der Waals surface area contributed by atoms with Crippen LogP contribution in [-0.2, 0) is 4.79 Å². The fourth-order valence-electron chi connectivity index (χ4n) is 2.15. The van der Waals surface area contributed by atoms with Crippen molar-refractivity contribution in [3.63, 3.8) is 0 Å². The van der Waals surface area contributed by atoms with E-state index in [-0.39, 0.29) is 11.7 Å². The molecule has 2 aromatic carbocycles. The number of aromatic nitrogens is 2. The Labute approximate surface area is 144 Å². The molecule has 1 heterocycles. The molecule has 0 atom stereocenters. The first-order valence-electron chi connectivity index (χ1n) is 7.50. The SMILES string of the molecule is Cc1ccc(C)c(NC(=O)CSc2nnc(-c3ccccc3)o2)c1. The van der Waals surface area contributed by atoms with Gasteiger partial charge in [0.25, 0.3) is 5.22 Å². The van der Waals surface area contributed by atoms with Crippen LogP contribution in [0.4, 0.5) is 5.69 Å². The van der Waals surface area contributed by atoms with Crippen molar-refractivity contribution < 1.29 is 9.21 Å². The first kappa shape index (κ1) is 16.3. The zero-order valence-electron chi connectivity index (χ0n) is 13.4. The molecule has 0 aliphatic carbocycles. The predicted molar refractivity (Wildman–Crippen MR) is 95.0 cm³/mol. The number of thioether (sulfide) groups is 1. The van der Waals surface area contributed by atoms with Gasteiger partial charge in [0, 0.05) is 11.3 Å². The quantitative estimate of drug-likeness (QED) is 0.709. The summed E-state index contributed by atoms with van der Waals surface area (Å²) >= 11 is 1.22. The number of nitrogens with one attached hydrogen (secondary N) is 1. The molecule has 3 aromatic rings. The van der Waals surface area contributed by atoms with E-state index in [1.54, 1.807) is 0 Å². The molecule has 0 unspecified atom stereocenters. The van der Waals surface area contributed by atoms with Gasteiger partial charge in [-0.2, -0.15) is 0 Å². The third-order valence-electron chi connectivity index (χ3n) is 3.42. The minimum absolute atomic E-state index is 0.104. The standard InChI is InChI=1S/C18H17N3O2S/c1-12-8-9-13(2)15(10-12)19-16(22)11-24-18-21-20-17(23-18)14-6-4-3-5-7-14/h3-10H,11H2,1-2H3,(H,19,22). The molecule has 1 aromatic heterocycles. The maximum absolute atomic E-state index is 12.1. The third-order valence-corrected chi connectivity index (χ3v) is 4.24. The summed E-state index contributed by atoms with van der Waals surface area (Å²) in [5.41, 5.74) is 3.82. The Bertz CT molecular complexity index is 846. The highest BCUT2D eigenvalue weighted by Gasteiger charge is 2.11. The van der Waals surface area contributed by atoms with Gasteiger partial charge in [-0.05, 0) is 43.2 Å². The molecule has 3 rings (SSSR count). The van der Waals surface area contributed by atoms with E-state index in [0.29, 0.717) is 11.1 Å². The summed E-state index contributed by atoms with van der Waals surface area (Å²) in [5, 5.41) is 11.3. The number of anilines is 1. The maximum Gasteiger partial charge on any atom is 0.277 e. The first-order valence-corrected chi connectivity index (χ1v) is 8.49. The third kappa shape index (κ3) is 4.02. The van der Waals surface area contributed by atoms with Gasteiger partial charge in [0.05, 0.1) is 5.75 Å². The Hall–Kier alpha value is -2.60. The highest BCUT2D eigenvalue weighted by atomic mass is 32.2. The maximum atomic E-state index is 12.1. The average Bonchev–Trinajstić information content (AvgIpc) is 3.06. The van der Waals surface area contributed by atoms with Crippen LogP contribution < -0.4 is 5.32 Å². The van der Waals surface area contributed by atoms with E-state index >= 15 is 0 Å². The number of amides is 1. The van der Waals surface area contributed by atoms with Crippen LogP contribution >= 0.6 is 11.8 Å². The highest BCUT2D eigenvalue weighted by Crippen LogP contribution is 2.23. The van der Waals surface area contributed by atoms with E-state index in [1.165, 1.54) is 11.8 Å². The minimum atomic E-state index is -0.104. The lowest BCUT2D eigenvalue weighted by Gasteiger charge is -2.08. The lowest BCUT2D eigenvalue weighted by molar-refractivity contribution is -0.113. The van der Waals surface area contributed by atoms with Gasteiger partial charge in [-0.25, -0.2) is 0 Å². The summed E-state index contributed by atoms with van der Waals surface area (Å²) in [6.45, 7) is 3.96. The van der Waals surface area contributed by atoms with Crippen LogP contribution in [-0.4, -0.2) is 21.9 Å². The van der Waals surface area contributed by atoms with E-state index in [2.05, 4.69) is 15.5 Å². The predicted octanol–water partition coefficient (Wildman–Crippen LogP) is 4.08. The Morgan fingerprint density at radius 1 is 1.12 bits per heavy atom. The van der Waals surface area contributed by atoms with Gasteiger partial charge in [0.15, 0.2) is 0 Å². The molecule has 0 radical (unpaired) electrons. The van der Waals surface area contributed by atoms with E-state index < -0.39 is 0 Å². The van der Waals surface area contributed by atoms with Crippen LogP contribution in [0, 0.1) is 13.8 Å². The second-order valence-electron chi connectivity index (χ2n) is 5.39. The van der Waals surface area contributed by atoms with Crippen molar-refractivity contribution in [1.29, 1.82) is 0 Å². The topological polar surface area (TPSA) is 68.0 Å². The van der Waals surface area contributed by atoms with Gasteiger partial charge in [-0.3, -0.25) is 4.79 Å².